The minimum atomic E-state index is -0.203. The van der Waals surface area contributed by atoms with Gasteiger partial charge in [0.15, 0.2) is 0 Å². The summed E-state index contributed by atoms with van der Waals surface area (Å²) in [5.74, 6) is 0.194. The monoisotopic (exact) mass is 206 g/mol. The van der Waals surface area contributed by atoms with E-state index in [-0.39, 0.29) is 11.8 Å². The number of anilines is 1. The minimum Gasteiger partial charge on any atom is -0.508 e. The maximum atomic E-state index is 11.4. The Kier molecular flexibility index (Phi) is 2.49. The van der Waals surface area contributed by atoms with E-state index in [9.17, 15) is 9.90 Å². The standard InChI is InChI=1S/C11H14N2O2/c1-7-9(3-2-4-10(7)14)13-11(15)12-8-5-6-8/h2-4,8,14H,5-6H2,1H3,(H2,12,13,15). The van der Waals surface area contributed by atoms with Crippen molar-refractivity contribution in [3.63, 3.8) is 0 Å². The van der Waals surface area contributed by atoms with Gasteiger partial charge < -0.3 is 15.7 Å². The van der Waals surface area contributed by atoms with E-state index in [0.29, 0.717) is 17.3 Å². The van der Waals surface area contributed by atoms with Crippen molar-refractivity contribution < 1.29 is 9.90 Å². The fraction of sp³-hybridized carbons (Fsp3) is 0.364. The molecule has 0 heterocycles. The van der Waals surface area contributed by atoms with Crippen LogP contribution in [0.4, 0.5) is 10.5 Å². The van der Waals surface area contributed by atoms with Crippen LogP contribution in [0.1, 0.15) is 18.4 Å². The summed E-state index contributed by atoms with van der Waals surface area (Å²) < 4.78 is 0. The van der Waals surface area contributed by atoms with Crippen LogP contribution in [0.15, 0.2) is 18.2 Å². The molecule has 4 heteroatoms. The Labute approximate surface area is 88.3 Å². The molecule has 80 valence electrons. The predicted molar refractivity (Wildman–Crippen MR) is 58.0 cm³/mol. The van der Waals surface area contributed by atoms with Crippen LogP contribution in [0, 0.1) is 6.92 Å². The molecule has 1 fully saturated rings. The van der Waals surface area contributed by atoms with Crippen LogP contribution in [0.5, 0.6) is 5.75 Å². The number of hydrogen-bond donors (Lipinski definition) is 3. The summed E-state index contributed by atoms with van der Waals surface area (Å²) >= 11 is 0. The molecular weight excluding hydrogens is 192 g/mol. The zero-order chi connectivity index (χ0) is 10.8. The van der Waals surface area contributed by atoms with Crippen LogP contribution >= 0.6 is 0 Å². The highest BCUT2D eigenvalue weighted by atomic mass is 16.3. The highest BCUT2D eigenvalue weighted by molar-refractivity contribution is 5.90. The molecule has 1 aromatic carbocycles. The molecule has 0 atom stereocenters. The molecule has 1 saturated carbocycles. The molecule has 1 aliphatic carbocycles. The molecule has 0 bridgehead atoms. The van der Waals surface area contributed by atoms with E-state index in [0.717, 1.165) is 12.8 Å². The largest absolute Gasteiger partial charge is 0.508 e. The summed E-state index contributed by atoms with van der Waals surface area (Å²) in [6.07, 6.45) is 2.12. The quantitative estimate of drug-likeness (QED) is 0.693. The zero-order valence-electron chi connectivity index (χ0n) is 8.58. The van der Waals surface area contributed by atoms with Crippen molar-refractivity contribution in [1.82, 2.24) is 5.32 Å². The lowest BCUT2D eigenvalue weighted by atomic mass is 10.2. The third kappa shape index (κ3) is 2.40. The first-order chi connectivity index (χ1) is 7.16. The first kappa shape index (κ1) is 9.83. The summed E-state index contributed by atoms with van der Waals surface area (Å²) in [4.78, 5) is 11.4. The van der Waals surface area contributed by atoms with Gasteiger partial charge in [-0.25, -0.2) is 4.79 Å². The van der Waals surface area contributed by atoms with Gasteiger partial charge in [-0.05, 0) is 31.9 Å². The number of phenolic OH excluding ortho intramolecular Hbond substituents is 1. The zero-order valence-corrected chi connectivity index (χ0v) is 8.58. The molecule has 1 aromatic rings. The summed E-state index contributed by atoms with van der Waals surface area (Å²) in [6, 6.07) is 5.20. The van der Waals surface area contributed by atoms with Gasteiger partial charge in [0.2, 0.25) is 0 Å². The molecule has 0 aromatic heterocycles. The van der Waals surface area contributed by atoms with E-state index < -0.39 is 0 Å². The number of carbonyl (C=O) groups is 1. The van der Waals surface area contributed by atoms with Crippen molar-refractivity contribution in [2.75, 3.05) is 5.32 Å². The van der Waals surface area contributed by atoms with Crippen molar-refractivity contribution in [2.45, 2.75) is 25.8 Å². The van der Waals surface area contributed by atoms with Crippen LogP contribution in [0.25, 0.3) is 0 Å². The average Bonchev–Trinajstić information content (AvgIpc) is 2.97. The Morgan fingerprint density at radius 2 is 2.20 bits per heavy atom. The Morgan fingerprint density at radius 3 is 2.87 bits per heavy atom. The number of urea groups is 1. The number of carbonyl (C=O) groups excluding carboxylic acids is 1. The second-order valence-corrected chi connectivity index (χ2v) is 3.82. The molecule has 1 aliphatic rings. The molecule has 0 radical (unpaired) electrons. The lowest BCUT2D eigenvalue weighted by Crippen LogP contribution is -2.30. The van der Waals surface area contributed by atoms with E-state index in [1.165, 1.54) is 0 Å². The Balaban J connectivity index is 2.02. The molecule has 15 heavy (non-hydrogen) atoms. The second kappa shape index (κ2) is 3.81. The van der Waals surface area contributed by atoms with Crippen LogP contribution in [0.3, 0.4) is 0 Å². The molecular formula is C11H14N2O2. The van der Waals surface area contributed by atoms with Crippen LogP contribution in [0.2, 0.25) is 0 Å². The molecule has 4 nitrogen and oxygen atoms in total. The number of nitrogens with one attached hydrogen (secondary N) is 2. The van der Waals surface area contributed by atoms with Crippen LogP contribution < -0.4 is 10.6 Å². The van der Waals surface area contributed by atoms with Gasteiger partial charge >= 0.3 is 6.03 Å². The first-order valence-corrected chi connectivity index (χ1v) is 5.03. The summed E-state index contributed by atoms with van der Waals surface area (Å²) in [5, 5.41) is 15.0. The maximum Gasteiger partial charge on any atom is 0.319 e. The summed E-state index contributed by atoms with van der Waals surface area (Å²) in [7, 11) is 0. The number of hydrogen-bond acceptors (Lipinski definition) is 2. The highest BCUT2D eigenvalue weighted by Crippen LogP contribution is 2.24. The number of amides is 2. The van der Waals surface area contributed by atoms with Crippen molar-refractivity contribution in [3.05, 3.63) is 23.8 Å². The van der Waals surface area contributed by atoms with Crippen molar-refractivity contribution in [2.24, 2.45) is 0 Å². The van der Waals surface area contributed by atoms with Crippen LogP contribution in [-0.4, -0.2) is 17.2 Å². The van der Waals surface area contributed by atoms with Gasteiger partial charge in [-0.1, -0.05) is 6.07 Å². The molecule has 2 amide bonds. The minimum absolute atomic E-state index is 0.194. The van der Waals surface area contributed by atoms with Gasteiger partial charge in [0.05, 0.1) is 0 Å². The lowest BCUT2D eigenvalue weighted by molar-refractivity contribution is 0.251. The van der Waals surface area contributed by atoms with Crippen molar-refractivity contribution in [3.8, 4) is 5.75 Å². The van der Waals surface area contributed by atoms with Gasteiger partial charge in [-0.3, -0.25) is 0 Å². The number of benzene rings is 1. The molecule has 0 spiro atoms. The molecule has 0 saturated heterocycles. The predicted octanol–water partition coefficient (Wildman–Crippen LogP) is 1.98. The first-order valence-electron chi connectivity index (χ1n) is 5.03. The number of phenols is 1. The van der Waals surface area contributed by atoms with Crippen molar-refractivity contribution in [1.29, 1.82) is 0 Å². The topological polar surface area (TPSA) is 61.4 Å². The molecule has 2 rings (SSSR count). The Morgan fingerprint density at radius 1 is 1.47 bits per heavy atom. The molecule has 0 unspecified atom stereocenters. The Hall–Kier alpha value is -1.71. The van der Waals surface area contributed by atoms with Gasteiger partial charge in [0.25, 0.3) is 0 Å². The van der Waals surface area contributed by atoms with Gasteiger partial charge in [-0.2, -0.15) is 0 Å². The lowest BCUT2D eigenvalue weighted by Gasteiger charge is -2.09. The van der Waals surface area contributed by atoms with E-state index in [2.05, 4.69) is 10.6 Å². The highest BCUT2D eigenvalue weighted by Gasteiger charge is 2.23. The van der Waals surface area contributed by atoms with Gasteiger partial charge in [0, 0.05) is 17.3 Å². The third-order valence-electron chi connectivity index (χ3n) is 2.47. The van der Waals surface area contributed by atoms with Crippen molar-refractivity contribution >= 4 is 11.7 Å². The van der Waals surface area contributed by atoms with E-state index in [1.54, 1.807) is 25.1 Å². The molecule has 3 N–H and O–H groups in total. The van der Waals surface area contributed by atoms with Gasteiger partial charge in [-0.15, -0.1) is 0 Å². The number of rotatable bonds is 2. The molecule has 0 aliphatic heterocycles. The van der Waals surface area contributed by atoms with E-state index in [1.807, 2.05) is 0 Å². The Bertz CT molecular complexity index is 386. The average molecular weight is 206 g/mol. The second-order valence-electron chi connectivity index (χ2n) is 3.82. The normalized spacial score (nSPS) is 14.7. The smallest absolute Gasteiger partial charge is 0.319 e. The van der Waals surface area contributed by atoms with Crippen LogP contribution in [-0.2, 0) is 0 Å². The SMILES string of the molecule is Cc1c(O)cccc1NC(=O)NC1CC1. The summed E-state index contributed by atoms with van der Waals surface area (Å²) in [5.41, 5.74) is 1.33. The maximum absolute atomic E-state index is 11.4. The fourth-order valence-corrected chi connectivity index (χ4v) is 1.33. The third-order valence-corrected chi connectivity index (χ3v) is 2.47. The van der Waals surface area contributed by atoms with E-state index >= 15 is 0 Å². The number of aromatic hydroxyl groups is 1. The van der Waals surface area contributed by atoms with E-state index in [4.69, 9.17) is 0 Å². The fourth-order valence-electron chi connectivity index (χ4n) is 1.33. The van der Waals surface area contributed by atoms with Gasteiger partial charge in [0.1, 0.15) is 5.75 Å². The summed E-state index contributed by atoms with van der Waals surface area (Å²) in [6.45, 7) is 1.77.